The Morgan fingerprint density at radius 2 is 2.08 bits per heavy atom. The number of ether oxygens (including phenoxy) is 1. The van der Waals surface area contributed by atoms with Crippen molar-refractivity contribution < 1.29 is 22.7 Å². The molecule has 26 heavy (non-hydrogen) atoms. The number of carbonyl (C=O) groups is 1. The smallest absolute Gasteiger partial charge is 0.417 e. The summed E-state index contributed by atoms with van der Waals surface area (Å²) in [5, 5.41) is 0.0517. The van der Waals surface area contributed by atoms with Crippen molar-refractivity contribution in [1.82, 2.24) is 9.88 Å². The third-order valence-corrected chi connectivity index (χ3v) is 4.84. The van der Waals surface area contributed by atoms with Crippen LogP contribution in [0, 0.1) is 0 Å². The van der Waals surface area contributed by atoms with Crippen molar-refractivity contribution in [3.8, 4) is 5.75 Å². The van der Waals surface area contributed by atoms with Crippen molar-refractivity contribution in [2.45, 2.75) is 17.7 Å². The number of hydrogen-bond acceptors (Lipinski definition) is 4. The van der Waals surface area contributed by atoms with Gasteiger partial charge in [0.25, 0.3) is 0 Å². The Kier molecular flexibility index (Phi) is 6.77. The highest BCUT2D eigenvalue weighted by atomic mass is 35.5. The van der Waals surface area contributed by atoms with Crippen LogP contribution < -0.4 is 4.74 Å². The van der Waals surface area contributed by atoms with E-state index in [0.717, 1.165) is 23.4 Å². The molecule has 0 aliphatic heterocycles. The normalized spacial score (nSPS) is 11.3. The summed E-state index contributed by atoms with van der Waals surface area (Å²) >= 11 is 6.83. The van der Waals surface area contributed by atoms with E-state index in [0.29, 0.717) is 18.5 Å². The molecule has 0 saturated heterocycles. The fourth-order valence-electron chi connectivity index (χ4n) is 2.06. The Bertz CT molecular complexity index is 787. The van der Waals surface area contributed by atoms with E-state index in [1.807, 2.05) is 18.2 Å². The average molecular weight is 405 g/mol. The van der Waals surface area contributed by atoms with Crippen LogP contribution in [-0.4, -0.2) is 35.7 Å². The molecule has 0 spiro atoms. The number of aromatic nitrogens is 1. The Labute approximate surface area is 158 Å². The van der Waals surface area contributed by atoms with Crippen molar-refractivity contribution in [2.75, 3.05) is 19.9 Å². The van der Waals surface area contributed by atoms with Gasteiger partial charge in [0.05, 0.1) is 23.4 Å². The second kappa shape index (κ2) is 8.64. The predicted octanol–water partition coefficient (Wildman–Crippen LogP) is 4.51. The molecule has 4 nitrogen and oxygen atoms in total. The average Bonchev–Trinajstić information content (AvgIpc) is 2.59. The quantitative estimate of drug-likeness (QED) is 0.664. The lowest BCUT2D eigenvalue weighted by molar-refractivity contribution is -0.138. The van der Waals surface area contributed by atoms with E-state index in [1.54, 1.807) is 20.2 Å². The number of thioether (sulfide) groups is 1. The largest absolute Gasteiger partial charge is 0.497 e. The van der Waals surface area contributed by atoms with Crippen LogP contribution in [0.2, 0.25) is 5.02 Å². The summed E-state index contributed by atoms with van der Waals surface area (Å²) < 4.78 is 43.0. The van der Waals surface area contributed by atoms with Gasteiger partial charge in [0.2, 0.25) is 5.91 Å². The summed E-state index contributed by atoms with van der Waals surface area (Å²) in [6, 6.07) is 8.13. The third kappa shape index (κ3) is 5.54. The summed E-state index contributed by atoms with van der Waals surface area (Å²) in [7, 11) is 3.20. The summed E-state index contributed by atoms with van der Waals surface area (Å²) in [5.74, 6) is 0.507. The number of hydrogen-bond donors (Lipinski definition) is 0. The molecule has 0 aliphatic rings. The zero-order chi connectivity index (χ0) is 19.3. The Hall–Kier alpha value is -1.93. The molecule has 1 aromatic heterocycles. The summed E-state index contributed by atoms with van der Waals surface area (Å²) in [6.45, 7) is 0.380. The lowest BCUT2D eigenvalue weighted by atomic mass is 10.2. The molecule has 0 aliphatic carbocycles. The van der Waals surface area contributed by atoms with Crippen LogP contribution in [-0.2, 0) is 17.5 Å². The molecule has 2 rings (SSSR count). The predicted molar refractivity (Wildman–Crippen MR) is 94.4 cm³/mol. The number of amides is 1. The van der Waals surface area contributed by atoms with Gasteiger partial charge in [-0.2, -0.15) is 13.2 Å². The third-order valence-electron chi connectivity index (χ3n) is 3.45. The first-order chi connectivity index (χ1) is 12.2. The zero-order valence-electron chi connectivity index (χ0n) is 14.0. The molecule has 140 valence electrons. The second-order valence-electron chi connectivity index (χ2n) is 5.40. The molecular formula is C17H16ClF3N2O2S. The van der Waals surface area contributed by atoms with E-state index in [9.17, 15) is 18.0 Å². The van der Waals surface area contributed by atoms with Crippen LogP contribution in [0.5, 0.6) is 5.75 Å². The van der Waals surface area contributed by atoms with Gasteiger partial charge in [-0.1, -0.05) is 35.5 Å². The molecule has 1 aromatic carbocycles. The van der Waals surface area contributed by atoms with Gasteiger partial charge in [0.1, 0.15) is 10.8 Å². The van der Waals surface area contributed by atoms with Crippen molar-refractivity contribution in [1.29, 1.82) is 0 Å². The molecule has 0 bridgehead atoms. The first-order valence-electron chi connectivity index (χ1n) is 7.43. The fraction of sp³-hybridized carbons (Fsp3) is 0.294. The number of rotatable bonds is 6. The molecule has 0 fully saturated rings. The van der Waals surface area contributed by atoms with Crippen molar-refractivity contribution in [2.24, 2.45) is 0 Å². The van der Waals surface area contributed by atoms with E-state index in [2.05, 4.69) is 4.98 Å². The molecule has 0 atom stereocenters. The fourth-order valence-corrected chi connectivity index (χ4v) is 3.19. The lowest BCUT2D eigenvalue weighted by Gasteiger charge is -2.17. The molecule has 1 heterocycles. The van der Waals surface area contributed by atoms with Gasteiger partial charge in [-0.05, 0) is 23.8 Å². The maximum absolute atomic E-state index is 12.6. The number of halogens is 4. The summed E-state index contributed by atoms with van der Waals surface area (Å²) in [6.07, 6.45) is -3.80. The van der Waals surface area contributed by atoms with Gasteiger partial charge in [-0.15, -0.1) is 0 Å². The van der Waals surface area contributed by atoms with Gasteiger partial charge in [0.15, 0.2) is 0 Å². The van der Waals surface area contributed by atoms with Crippen molar-refractivity contribution in [3.63, 3.8) is 0 Å². The Morgan fingerprint density at radius 1 is 1.35 bits per heavy atom. The van der Waals surface area contributed by atoms with E-state index < -0.39 is 11.7 Å². The van der Waals surface area contributed by atoms with Crippen LogP contribution in [0.3, 0.4) is 0 Å². The van der Waals surface area contributed by atoms with Crippen LogP contribution in [0.15, 0.2) is 41.6 Å². The molecule has 0 radical (unpaired) electrons. The van der Waals surface area contributed by atoms with Gasteiger partial charge in [0, 0.05) is 19.8 Å². The molecule has 9 heteroatoms. The van der Waals surface area contributed by atoms with Crippen LogP contribution in [0.4, 0.5) is 13.2 Å². The van der Waals surface area contributed by atoms with E-state index in [4.69, 9.17) is 16.3 Å². The van der Waals surface area contributed by atoms with Crippen molar-refractivity contribution >= 4 is 29.3 Å². The molecule has 2 aromatic rings. The van der Waals surface area contributed by atoms with E-state index in [-0.39, 0.29) is 21.7 Å². The highest BCUT2D eigenvalue weighted by molar-refractivity contribution is 8.00. The van der Waals surface area contributed by atoms with Crippen molar-refractivity contribution in [3.05, 3.63) is 52.7 Å². The summed E-state index contributed by atoms with van der Waals surface area (Å²) in [4.78, 5) is 17.5. The topological polar surface area (TPSA) is 42.4 Å². The lowest BCUT2D eigenvalue weighted by Crippen LogP contribution is -2.27. The van der Waals surface area contributed by atoms with E-state index in [1.165, 1.54) is 4.90 Å². The Morgan fingerprint density at radius 3 is 2.69 bits per heavy atom. The molecular weight excluding hydrogens is 389 g/mol. The monoisotopic (exact) mass is 404 g/mol. The zero-order valence-corrected chi connectivity index (χ0v) is 15.6. The maximum Gasteiger partial charge on any atom is 0.417 e. The minimum absolute atomic E-state index is 0.0125. The summed E-state index contributed by atoms with van der Waals surface area (Å²) in [5.41, 5.74) is -0.0239. The molecule has 0 saturated carbocycles. The maximum atomic E-state index is 12.6. The molecule has 0 N–H and O–H groups in total. The van der Waals surface area contributed by atoms with Crippen LogP contribution >= 0.6 is 23.4 Å². The molecule has 0 unspecified atom stereocenters. The number of alkyl halides is 3. The highest BCUT2D eigenvalue weighted by Crippen LogP contribution is 2.33. The Balaban J connectivity index is 1.95. The van der Waals surface area contributed by atoms with Crippen LogP contribution in [0.1, 0.15) is 11.1 Å². The molecule has 1 amide bonds. The number of carbonyl (C=O) groups excluding carboxylic acids is 1. The number of methoxy groups -OCH3 is 1. The highest BCUT2D eigenvalue weighted by Gasteiger charge is 2.31. The van der Waals surface area contributed by atoms with Gasteiger partial charge in [-0.25, -0.2) is 4.98 Å². The number of benzene rings is 1. The van der Waals surface area contributed by atoms with Gasteiger partial charge < -0.3 is 9.64 Å². The first kappa shape index (κ1) is 20.4. The van der Waals surface area contributed by atoms with Crippen LogP contribution in [0.25, 0.3) is 0 Å². The number of nitrogens with zero attached hydrogens (tertiary/aromatic N) is 2. The number of pyridine rings is 1. The van der Waals surface area contributed by atoms with E-state index >= 15 is 0 Å². The minimum atomic E-state index is -4.51. The van der Waals surface area contributed by atoms with Gasteiger partial charge >= 0.3 is 6.18 Å². The second-order valence-corrected chi connectivity index (χ2v) is 6.77. The standard InChI is InChI=1S/C17H16ClF3N2O2S/c1-23(9-11-4-3-5-13(6-11)25-2)15(24)10-26-16-14(18)7-12(8-22-16)17(19,20)21/h3-8H,9-10H2,1-2H3. The first-order valence-corrected chi connectivity index (χ1v) is 8.79. The van der Waals surface area contributed by atoms with Gasteiger partial charge in [-0.3, -0.25) is 4.79 Å². The minimum Gasteiger partial charge on any atom is -0.497 e. The SMILES string of the molecule is COc1cccc(CN(C)C(=O)CSc2ncc(C(F)(F)F)cc2Cl)c1.